The highest BCUT2D eigenvalue weighted by Crippen LogP contribution is 2.29. The fraction of sp³-hybridized carbons (Fsp3) is 0.367. The minimum Gasteiger partial charge on any atom is -0.354 e. The Bertz CT molecular complexity index is 1530. The van der Waals surface area contributed by atoms with Gasteiger partial charge in [0.15, 0.2) is 5.82 Å². The van der Waals surface area contributed by atoms with Gasteiger partial charge in [-0.3, -0.25) is 9.48 Å². The molecule has 200 valence electrons. The van der Waals surface area contributed by atoms with E-state index < -0.39 is 0 Å². The van der Waals surface area contributed by atoms with Crippen molar-refractivity contribution in [1.82, 2.24) is 19.7 Å². The molecule has 9 heteroatoms. The van der Waals surface area contributed by atoms with Crippen molar-refractivity contribution in [3.8, 4) is 17.3 Å². The molecule has 1 aliphatic rings. The zero-order chi connectivity index (χ0) is 27.4. The molecule has 0 bridgehead atoms. The highest BCUT2D eigenvalue weighted by atomic mass is 16.1. The van der Waals surface area contributed by atoms with Crippen LogP contribution in [0.4, 0.5) is 11.8 Å². The molecule has 0 spiro atoms. The Labute approximate surface area is 228 Å². The van der Waals surface area contributed by atoms with Gasteiger partial charge in [-0.1, -0.05) is 19.1 Å². The zero-order valence-corrected chi connectivity index (χ0v) is 22.4. The maximum Gasteiger partial charge on any atom is 0.229 e. The molecule has 0 saturated heterocycles. The first-order chi connectivity index (χ1) is 18.9. The summed E-state index contributed by atoms with van der Waals surface area (Å²) in [5, 5.41) is 20.9. The summed E-state index contributed by atoms with van der Waals surface area (Å²) in [7, 11) is 1.86. The number of nitrogens with zero attached hydrogens (tertiary/aromatic N) is 5. The molecule has 0 atom stereocenters. The van der Waals surface area contributed by atoms with Gasteiger partial charge >= 0.3 is 0 Å². The summed E-state index contributed by atoms with van der Waals surface area (Å²) in [4.78, 5) is 22.1. The van der Waals surface area contributed by atoms with E-state index in [2.05, 4.69) is 45.8 Å². The van der Waals surface area contributed by atoms with Crippen molar-refractivity contribution in [3.63, 3.8) is 0 Å². The normalized spacial score (nSPS) is 17.1. The number of hydrogen-bond donors (Lipinski definition) is 3. The monoisotopic (exact) mass is 522 g/mol. The SMILES string of the molecule is CCc1cc(-c2cc(NC(=O)Cc3cccc(C#N)c3)nn2C)cc2cnc(NCC3CCC(N)CC3)nc12. The van der Waals surface area contributed by atoms with Gasteiger partial charge in [-0.15, -0.1) is 0 Å². The van der Waals surface area contributed by atoms with Crippen LogP contribution in [0.2, 0.25) is 0 Å². The second-order valence-electron chi connectivity index (χ2n) is 10.4. The van der Waals surface area contributed by atoms with Crippen molar-refractivity contribution in [2.75, 3.05) is 17.2 Å². The summed E-state index contributed by atoms with van der Waals surface area (Å²) in [6.45, 7) is 2.99. The van der Waals surface area contributed by atoms with Gasteiger partial charge in [0.1, 0.15) is 0 Å². The van der Waals surface area contributed by atoms with E-state index in [0.29, 0.717) is 29.3 Å². The molecular formula is C30H34N8O. The highest BCUT2D eigenvalue weighted by Gasteiger charge is 2.19. The number of carbonyl (C=O) groups is 1. The minimum atomic E-state index is -0.188. The average Bonchev–Trinajstić information content (AvgIpc) is 3.31. The number of carbonyl (C=O) groups excluding carboxylic acids is 1. The number of amides is 1. The van der Waals surface area contributed by atoms with Crippen LogP contribution >= 0.6 is 0 Å². The number of aromatic nitrogens is 4. The van der Waals surface area contributed by atoms with Crippen LogP contribution in [-0.4, -0.2) is 38.2 Å². The van der Waals surface area contributed by atoms with Gasteiger partial charge in [0.05, 0.1) is 29.3 Å². The van der Waals surface area contributed by atoms with Crippen LogP contribution in [0.25, 0.3) is 22.2 Å². The van der Waals surface area contributed by atoms with Crippen LogP contribution in [0.3, 0.4) is 0 Å². The van der Waals surface area contributed by atoms with Crippen molar-refractivity contribution in [3.05, 3.63) is 65.4 Å². The summed E-state index contributed by atoms with van der Waals surface area (Å²) in [6, 6.07) is 15.6. The Kier molecular flexibility index (Phi) is 7.84. The molecule has 1 fully saturated rings. The van der Waals surface area contributed by atoms with Crippen LogP contribution in [0, 0.1) is 17.2 Å². The van der Waals surface area contributed by atoms with Crippen LogP contribution in [0.5, 0.6) is 0 Å². The number of fused-ring (bicyclic) bond motifs is 1. The maximum atomic E-state index is 12.6. The summed E-state index contributed by atoms with van der Waals surface area (Å²) in [5.41, 5.74) is 11.3. The lowest BCUT2D eigenvalue weighted by atomic mass is 9.86. The number of hydrogen-bond acceptors (Lipinski definition) is 7. The topological polar surface area (TPSA) is 135 Å². The summed E-state index contributed by atoms with van der Waals surface area (Å²) >= 11 is 0. The fourth-order valence-electron chi connectivity index (χ4n) is 5.27. The van der Waals surface area contributed by atoms with Gasteiger partial charge in [0.25, 0.3) is 0 Å². The summed E-state index contributed by atoms with van der Waals surface area (Å²) in [5.74, 6) is 1.56. The van der Waals surface area contributed by atoms with Gasteiger partial charge < -0.3 is 16.4 Å². The number of nitrogens with one attached hydrogen (secondary N) is 2. The lowest BCUT2D eigenvalue weighted by Gasteiger charge is -2.26. The van der Waals surface area contributed by atoms with E-state index in [4.69, 9.17) is 16.0 Å². The number of rotatable bonds is 8. The number of benzene rings is 2. The van der Waals surface area contributed by atoms with E-state index in [1.807, 2.05) is 25.4 Å². The van der Waals surface area contributed by atoms with Crippen molar-refractivity contribution in [2.24, 2.45) is 18.7 Å². The molecule has 0 radical (unpaired) electrons. The second-order valence-corrected chi connectivity index (χ2v) is 10.4. The Balaban J connectivity index is 1.31. The largest absolute Gasteiger partial charge is 0.354 e. The molecule has 1 aliphatic carbocycles. The maximum absolute atomic E-state index is 12.6. The molecule has 2 aromatic heterocycles. The fourth-order valence-corrected chi connectivity index (χ4v) is 5.27. The van der Waals surface area contributed by atoms with E-state index in [1.165, 1.54) is 0 Å². The first-order valence-electron chi connectivity index (χ1n) is 13.5. The van der Waals surface area contributed by atoms with E-state index in [0.717, 1.165) is 71.9 Å². The number of nitriles is 1. The summed E-state index contributed by atoms with van der Waals surface area (Å²) < 4.78 is 1.76. The quantitative estimate of drug-likeness (QED) is 0.308. The molecule has 2 aromatic carbocycles. The number of anilines is 2. The predicted molar refractivity (Wildman–Crippen MR) is 153 cm³/mol. The van der Waals surface area contributed by atoms with Crippen molar-refractivity contribution in [2.45, 2.75) is 51.5 Å². The Morgan fingerprint density at radius 3 is 2.77 bits per heavy atom. The second kappa shape index (κ2) is 11.6. The van der Waals surface area contributed by atoms with Crippen molar-refractivity contribution >= 4 is 28.6 Å². The average molecular weight is 523 g/mol. The van der Waals surface area contributed by atoms with Crippen LogP contribution in [-0.2, 0) is 24.7 Å². The van der Waals surface area contributed by atoms with Crippen LogP contribution in [0.15, 0.2) is 48.7 Å². The molecule has 1 amide bonds. The number of aryl methyl sites for hydroxylation is 2. The molecule has 39 heavy (non-hydrogen) atoms. The molecule has 5 rings (SSSR count). The molecule has 0 unspecified atom stereocenters. The van der Waals surface area contributed by atoms with E-state index in [-0.39, 0.29) is 12.3 Å². The Morgan fingerprint density at radius 2 is 2.00 bits per heavy atom. The molecular weight excluding hydrogens is 488 g/mol. The molecule has 0 aliphatic heterocycles. The lowest BCUT2D eigenvalue weighted by Crippen LogP contribution is -2.29. The van der Waals surface area contributed by atoms with Crippen LogP contribution in [0.1, 0.15) is 49.3 Å². The highest BCUT2D eigenvalue weighted by molar-refractivity contribution is 5.92. The first-order valence-corrected chi connectivity index (χ1v) is 13.5. The molecule has 4 aromatic rings. The molecule has 9 nitrogen and oxygen atoms in total. The van der Waals surface area contributed by atoms with Crippen molar-refractivity contribution < 1.29 is 4.79 Å². The zero-order valence-electron chi connectivity index (χ0n) is 22.4. The Hall–Kier alpha value is -4.29. The predicted octanol–water partition coefficient (Wildman–Crippen LogP) is 4.57. The van der Waals surface area contributed by atoms with Crippen molar-refractivity contribution in [1.29, 1.82) is 5.26 Å². The van der Waals surface area contributed by atoms with Gasteiger partial charge in [0.2, 0.25) is 11.9 Å². The first kappa shape index (κ1) is 26.3. The third kappa shape index (κ3) is 6.24. The van der Waals surface area contributed by atoms with Gasteiger partial charge in [-0.2, -0.15) is 10.4 Å². The van der Waals surface area contributed by atoms with Gasteiger partial charge in [-0.25, -0.2) is 9.97 Å². The van der Waals surface area contributed by atoms with Gasteiger partial charge in [-0.05, 0) is 73.4 Å². The number of nitrogens with two attached hydrogens (primary N) is 1. The third-order valence-electron chi connectivity index (χ3n) is 7.45. The summed E-state index contributed by atoms with van der Waals surface area (Å²) in [6.07, 6.45) is 7.33. The van der Waals surface area contributed by atoms with E-state index >= 15 is 0 Å². The Morgan fingerprint density at radius 1 is 1.18 bits per heavy atom. The van der Waals surface area contributed by atoms with E-state index in [1.54, 1.807) is 22.9 Å². The van der Waals surface area contributed by atoms with Gasteiger partial charge in [0, 0.05) is 42.8 Å². The molecule has 2 heterocycles. The molecule has 1 saturated carbocycles. The van der Waals surface area contributed by atoms with Crippen LogP contribution < -0.4 is 16.4 Å². The lowest BCUT2D eigenvalue weighted by molar-refractivity contribution is -0.115. The van der Waals surface area contributed by atoms with E-state index in [9.17, 15) is 4.79 Å². The molecule has 4 N–H and O–H groups in total. The minimum absolute atomic E-state index is 0.166. The third-order valence-corrected chi connectivity index (χ3v) is 7.45. The standard InChI is InChI=1S/C30H34N8O/c1-3-22-13-23(14-24-18-34-30(36-29(22)24)33-17-19-7-9-25(32)10-8-19)26-15-27(37-38(26)2)35-28(39)12-20-5-4-6-21(11-20)16-31/h4-6,11,13-15,18-19,25H,3,7-10,12,17,32H2,1-2H3,(H,33,34,36)(H,35,37,39). The smallest absolute Gasteiger partial charge is 0.229 e.